The second-order valence-corrected chi connectivity index (χ2v) is 42.5. The number of aromatic amines is 3. The van der Waals surface area contributed by atoms with E-state index in [9.17, 15) is 99.5 Å². The van der Waals surface area contributed by atoms with Crippen molar-refractivity contribution in [2.24, 2.45) is 14.1 Å². The lowest BCUT2D eigenvalue weighted by atomic mass is 10.1. The first kappa shape index (κ1) is 100. The van der Waals surface area contributed by atoms with Crippen LogP contribution in [0.25, 0.3) is 33.5 Å². The van der Waals surface area contributed by atoms with Crippen LogP contribution in [-0.2, 0) is 165 Å². The molecule has 708 valence electrons. The van der Waals surface area contributed by atoms with Gasteiger partial charge in [0.15, 0.2) is 38.4 Å². The first-order valence-corrected chi connectivity index (χ1v) is 51.1. The quantitative estimate of drug-likeness (QED) is 0.0152. The number of carbonyl (C=O) groups excluding carboxylic acids is 3. The summed E-state index contributed by atoms with van der Waals surface area (Å²) >= 11 is 17.2. The average molecular weight is 2070 g/mol. The summed E-state index contributed by atoms with van der Waals surface area (Å²) in [6.45, 7) is 6.02. The third-order valence-electron chi connectivity index (χ3n) is 18.1. The van der Waals surface area contributed by atoms with E-state index in [2.05, 4.69) is 110 Å². The molecule has 74 heteroatoms. The average Bonchev–Trinajstić information content (AvgIpc) is 1.60. The van der Waals surface area contributed by atoms with Crippen LogP contribution < -0.4 is 60.0 Å². The topological polar surface area (TPSA) is 850 Å². The van der Waals surface area contributed by atoms with Crippen LogP contribution in [0, 0.1) is 48.5 Å². The molecular weight excluding hydrogens is 2010 g/mol. The molecule has 3 amide bonds. The number of imidazole rings is 3. The molecule has 0 bridgehead atoms. The highest BCUT2D eigenvalue weighted by Gasteiger charge is 2.59. The molecule has 6 saturated heterocycles. The van der Waals surface area contributed by atoms with Crippen LogP contribution in [0.15, 0.2) is 48.8 Å². The van der Waals surface area contributed by atoms with Gasteiger partial charge in [-0.25, -0.2) is 55.8 Å². The number of hydrogen-bond donors (Lipinski definition) is 9. The Hall–Kier alpha value is -6.29. The van der Waals surface area contributed by atoms with Gasteiger partial charge in [0.25, 0.3) is 88.1 Å². The minimum Gasteiger partial charge on any atom is -0.756 e. The molecule has 9 N–H and O–H groups in total. The fraction of sp³-hybridized carbons (Fsp3) is 0.491. The second kappa shape index (κ2) is 38.8. The fourth-order valence-electron chi connectivity index (χ4n) is 13.0. The number of H-pyrrole nitrogens is 3. The van der Waals surface area contributed by atoms with E-state index in [4.69, 9.17) is 94.0 Å². The highest BCUT2D eigenvalue weighted by atomic mass is 32.1. The van der Waals surface area contributed by atoms with Crippen molar-refractivity contribution >= 4 is 175 Å². The first-order chi connectivity index (χ1) is 59.9. The lowest BCUT2D eigenvalue weighted by Gasteiger charge is -2.33. The van der Waals surface area contributed by atoms with Gasteiger partial charge in [-0.05, 0) is 57.7 Å². The number of rotatable bonds is 32. The normalized spacial score (nSPS) is 27.8. The molecule has 6 fully saturated rings. The van der Waals surface area contributed by atoms with Gasteiger partial charge in [-0.1, -0.05) is 36.7 Å². The molecule has 129 heavy (non-hydrogen) atoms. The number of phosphoric ester groups is 3. The van der Waals surface area contributed by atoms with Gasteiger partial charge in [0.1, 0.15) is 106 Å². The number of nitrogens with one attached hydrogen (secondary N) is 6. The molecule has 15 rings (SSSR count). The summed E-state index contributed by atoms with van der Waals surface area (Å²) in [6, 6.07) is 5.17. The summed E-state index contributed by atoms with van der Waals surface area (Å²) in [4.78, 5) is 203. The largest absolute Gasteiger partial charge is 0.756 e. The molecule has 6 aliphatic heterocycles. The summed E-state index contributed by atoms with van der Waals surface area (Å²) in [5, 5.41) is 18.0. The zero-order chi connectivity index (χ0) is 94.1. The highest BCUT2D eigenvalue weighted by molar-refractivity contribution is 7.72. The van der Waals surface area contributed by atoms with Crippen molar-refractivity contribution < 1.29 is 196 Å². The Morgan fingerprint density at radius 2 is 0.814 bits per heavy atom. The number of hydrogen-bond acceptors (Lipinski definition) is 51. The van der Waals surface area contributed by atoms with E-state index in [1.807, 2.05) is 25.3 Å². The maximum Gasteiger partial charge on any atom is 0.282 e. The number of aromatic nitrogens is 16. The van der Waals surface area contributed by atoms with E-state index in [0.29, 0.717) is 56.7 Å². The van der Waals surface area contributed by atoms with Crippen molar-refractivity contribution in [1.29, 1.82) is 0 Å². The fourth-order valence-corrected chi connectivity index (χ4v) is 23.4. The maximum absolute atomic E-state index is 13.0. The highest BCUT2D eigenvalue weighted by Crippen LogP contribution is 2.64. The van der Waals surface area contributed by atoms with Crippen molar-refractivity contribution in [3.63, 3.8) is 0 Å². The van der Waals surface area contributed by atoms with Gasteiger partial charge in [0.2, 0.25) is 18.9 Å². The van der Waals surface area contributed by atoms with Crippen molar-refractivity contribution in [2.45, 2.75) is 140 Å². The maximum atomic E-state index is 13.0. The molecule has 0 saturated carbocycles. The van der Waals surface area contributed by atoms with Crippen LogP contribution in [0.5, 0.6) is 0 Å². The lowest BCUT2D eigenvalue weighted by molar-refractivity contribution is -0.254. The number of carbonyl (C=O) groups is 3. The van der Waals surface area contributed by atoms with Crippen LogP contribution in [-0.4, -0.2) is 204 Å². The minimum atomic E-state index is -6.13. The molecule has 24 atom stereocenters. The van der Waals surface area contributed by atoms with Crippen molar-refractivity contribution in [3.8, 4) is 0 Å². The molecular formula is C55H63N19O42P9S4-9. The summed E-state index contributed by atoms with van der Waals surface area (Å²) in [5.41, 5.74) is 4.35. The summed E-state index contributed by atoms with van der Waals surface area (Å²) in [7, 11) is -50.3. The van der Waals surface area contributed by atoms with Gasteiger partial charge in [0.05, 0.1) is 57.6 Å². The van der Waals surface area contributed by atoms with E-state index in [0.717, 1.165) is 16.1 Å². The predicted octanol–water partition coefficient (Wildman–Crippen LogP) is -2.83. The summed E-state index contributed by atoms with van der Waals surface area (Å²) < 4.78 is 198. The SMILES string of the molecule is Cc1nc(=S)c2ncn(C3OC(COP(=O)([O-])OP(=O)([O-])OP(=O)([O-])O)C4OC(C(=O)NCc5cc(C)n(C)n5)OC43)c2[nH]1.Cc1nc(=S)c2ncn(C3OC(COP(=O)([O-])OP(=O)([O-])OP(=O)([O-])O)C4OC(C(=O)NCc5sccc5C)OC43)c2[nH]1.Cc1nc(=S)c2ncn(C3OC(COP(=O)([O-])OP(=O)([O-])OP(=O)([O-])O)C4OC(C(=O)Nc5ccn(C)n5)OC43)c2[nH]1. The van der Waals surface area contributed by atoms with Gasteiger partial charge < -0.3 is 146 Å². The summed E-state index contributed by atoms with van der Waals surface area (Å²) in [5.74, 6) is -0.590. The van der Waals surface area contributed by atoms with Gasteiger partial charge in [0, 0.05) is 36.9 Å². The molecule has 9 aromatic rings. The van der Waals surface area contributed by atoms with Crippen molar-refractivity contribution in [3.05, 3.63) is 102 Å². The number of aryl methyl sites for hydroxylation is 7. The van der Waals surface area contributed by atoms with Crippen LogP contribution in [0.4, 0.5) is 5.82 Å². The van der Waals surface area contributed by atoms with Crippen LogP contribution in [0.3, 0.4) is 0 Å². The standard InChI is InChI=1S/C19H26N7O14P3S.C19H24N5O14P3S2.C17H22N7O14P3S/c1-8-4-10(24-25(8)3)5-20-16(27)19-37-13-11(6-35-42(31,32)40-43(33,34)39-41(28,29)30)36-18(14(13)38-19)26-7-21-12-15(26)22-9(2)23-17(12)44;1-8-3-4-43-11(8)5-20-16(25)19-35-13-10(6-33-40(29,30)38-41(31,32)37-39(26,27)28)34-18(14(13)36-19)24-7-21-12-15(24)22-9(2)23-17(12)42;1-7-19-13-10(15(42)20-7)18-6-24(13)16-12-11(35-17(36-12)14(25)21-9-3-4-23(2)22-9)8(34-16)5-33-40(29,30)38-41(31,32)37-39(26,27)28/h4,7,11,13-14,18-19H,5-6H2,1-3H3,(H,20,27)(H,31,32)(H,33,34)(H,22,23,44)(H2,28,29,30);3-4,7,10,13-14,18-19H,5-6H2,1-2H3,(H,20,25)(H,29,30)(H,31,32)(H,22,23,42)(H2,26,27,28);3-4,6,8,11-12,16-17H,5H2,1-2H3,(H,29,30)(H,31,32)(H,19,20,42)(H,21,22,25)(H2,26,27,28)/p-9. The van der Waals surface area contributed by atoms with E-state index >= 15 is 0 Å². The molecule has 0 aliphatic carbocycles. The van der Waals surface area contributed by atoms with Gasteiger partial charge >= 0.3 is 0 Å². The third kappa shape index (κ3) is 25.1. The first-order valence-electron chi connectivity index (χ1n) is 35.7. The molecule has 15 heterocycles. The van der Waals surface area contributed by atoms with Crippen LogP contribution >= 0.6 is 118 Å². The van der Waals surface area contributed by atoms with E-state index < -0.39 is 200 Å². The van der Waals surface area contributed by atoms with Gasteiger partial charge in [-0.2, -0.15) is 10.2 Å². The molecule has 9 aromatic heterocycles. The molecule has 6 aliphatic rings. The Balaban J connectivity index is 0.000000165. The second-order valence-electron chi connectivity index (χ2n) is 27.4. The number of nitrogens with zero attached hydrogens (tertiary/aromatic N) is 13. The number of phosphoric acid groups is 9. The smallest absolute Gasteiger partial charge is 0.282 e. The molecule has 61 nitrogen and oxygen atoms in total. The zero-order valence-corrected chi connectivity index (χ0v) is 76.9. The van der Waals surface area contributed by atoms with Crippen LogP contribution in [0.1, 0.15) is 58.0 Å². The Labute approximate surface area is 738 Å². The van der Waals surface area contributed by atoms with Crippen molar-refractivity contribution in [2.75, 3.05) is 25.1 Å². The molecule has 24 unspecified atom stereocenters. The number of amides is 3. The monoisotopic (exact) mass is 2070 g/mol. The Morgan fingerprint density at radius 3 is 1.12 bits per heavy atom. The number of anilines is 1. The Bertz CT molecular complexity index is 6430. The summed E-state index contributed by atoms with van der Waals surface area (Å²) in [6.07, 6.45) is -13.0. The molecule has 0 aromatic carbocycles. The minimum absolute atomic E-state index is 0.0404. The molecule has 0 radical (unpaired) electrons. The van der Waals surface area contributed by atoms with Crippen molar-refractivity contribution in [1.82, 2.24) is 88.8 Å². The van der Waals surface area contributed by atoms with Crippen LogP contribution in [0.2, 0.25) is 0 Å². The predicted molar refractivity (Wildman–Crippen MR) is 407 cm³/mol. The number of fused-ring (bicyclic) bond motifs is 6. The number of ether oxygens (including phenoxy) is 9. The van der Waals surface area contributed by atoms with Gasteiger partial charge in [-0.15, -0.1) is 11.3 Å². The number of thiophene rings is 1. The van der Waals surface area contributed by atoms with E-state index in [-0.39, 0.29) is 32.8 Å². The van der Waals surface area contributed by atoms with Gasteiger partial charge in [-0.3, -0.25) is 78.5 Å². The Kier molecular flexibility index (Phi) is 30.2. The lowest BCUT2D eigenvalue weighted by Crippen LogP contribution is -2.37. The van der Waals surface area contributed by atoms with E-state index in [1.54, 1.807) is 51.8 Å². The van der Waals surface area contributed by atoms with E-state index in [1.165, 1.54) is 54.8 Å². The zero-order valence-electron chi connectivity index (χ0n) is 65.5. The third-order valence-corrected chi connectivity index (χ3v) is 31.0. The molecule has 0 spiro atoms. The Morgan fingerprint density at radius 1 is 0.473 bits per heavy atom.